The summed E-state index contributed by atoms with van der Waals surface area (Å²) in [6, 6.07) is 4.93. The van der Waals surface area contributed by atoms with Crippen LogP contribution in [-0.2, 0) is 4.74 Å². The molecule has 1 aliphatic rings. The van der Waals surface area contributed by atoms with Crippen LogP contribution in [0.15, 0.2) is 12.1 Å². The van der Waals surface area contributed by atoms with Crippen molar-refractivity contribution in [2.75, 3.05) is 13.2 Å². The van der Waals surface area contributed by atoms with Crippen LogP contribution in [0.4, 0.5) is 0 Å². The van der Waals surface area contributed by atoms with Gasteiger partial charge in [-0.2, -0.15) is 10.5 Å². The van der Waals surface area contributed by atoms with E-state index in [1.165, 1.54) is 6.07 Å². The average Bonchev–Trinajstić information content (AvgIpc) is 2.42. The molecule has 0 saturated heterocycles. The molecule has 0 atom stereocenters. The molecule has 0 unspecified atom stereocenters. The van der Waals surface area contributed by atoms with E-state index in [4.69, 9.17) is 15.3 Å². The van der Waals surface area contributed by atoms with Crippen LogP contribution in [0.2, 0.25) is 0 Å². The molecule has 5 heteroatoms. The van der Waals surface area contributed by atoms with E-state index in [2.05, 4.69) is 0 Å². The van der Waals surface area contributed by atoms with Gasteiger partial charge in [0.25, 0.3) is 0 Å². The molecule has 90 valence electrons. The third-order valence-electron chi connectivity index (χ3n) is 2.80. The third-order valence-corrected chi connectivity index (χ3v) is 2.80. The number of hydrogen-bond donors (Lipinski definition) is 2. The summed E-state index contributed by atoms with van der Waals surface area (Å²) in [5.41, 5.74) is 1.28. The molecule has 0 amide bonds. The zero-order chi connectivity index (χ0) is 13.1. The van der Waals surface area contributed by atoms with Crippen molar-refractivity contribution in [3.8, 4) is 23.6 Å². The van der Waals surface area contributed by atoms with Crippen LogP contribution >= 0.6 is 0 Å². The molecule has 0 saturated carbocycles. The first-order valence-corrected chi connectivity index (χ1v) is 5.35. The molecule has 0 aliphatic carbocycles. The summed E-state index contributed by atoms with van der Waals surface area (Å²) < 4.78 is 5.17. The first kappa shape index (κ1) is 12.0. The van der Waals surface area contributed by atoms with Crippen molar-refractivity contribution >= 4 is 5.57 Å². The van der Waals surface area contributed by atoms with Gasteiger partial charge in [0.05, 0.1) is 24.8 Å². The summed E-state index contributed by atoms with van der Waals surface area (Å²) in [4.78, 5) is 0. The number of hydrogen-bond acceptors (Lipinski definition) is 5. The molecule has 1 heterocycles. The van der Waals surface area contributed by atoms with E-state index < -0.39 is 11.5 Å². The van der Waals surface area contributed by atoms with Gasteiger partial charge in [-0.3, -0.25) is 0 Å². The Morgan fingerprint density at radius 2 is 2.00 bits per heavy atom. The first-order chi connectivity index (χ1) is 8.69. The van der Waals surface area contributed by atoms with Crippen LogP contribution in [0, 0.1) is 22.7 Å². The number of benzene rings is 1. The van der Waals surface area contributed by atoms with E-state index in [1.54, 1.807) is 6.08 Å². The summed E-state index contributed by atoms with van der Waals surface area (Å²) in [6.45, 7) is 0.913. The maximum atomic E-state index is 9.69. The monoisotopic (exact) mass is 242 g/mol. The second-order valence-corrected chi connectivity index (χ2v) is 3.82. The van der Waals surface area contributed by atoms with Gasteiger partial charge in [0.2, 0.25) is 0 Å². The molecule has 0 fully saturated rings. The number of phenols is 2. The lowest BCUT2D eigenvalue weighted by Gasteiger charge is -2.17. The first-order valence-electron chi connectivity index (χ1n) is 5.35. The Morgan fingerprint density at radius 3 is 2.56 bits per heavy atom. The molecule has 1 aliphatic heterocycles. The molecule has 18 heavy (non-hydrogen) atoms. The van der Waals surface area contributed by atoms with Gasteiger partial charge in [0.1, 0.15) is 11.6 Å². The van der Waals surface area contributed by atoms with Crippen molar-refractivity contribution < 1.29 is 14.9 Å². The summed E-state index contributed by atoms with van der Waals surface area (Å²) in [5.74, 6) is -0.946. The van der Waals surface area contributed by atoms with Crippen molar-refractivity contribution in [1.29, 1.82) is 10.5 Å². The fourth-order valence-electron chi connectivity index (χ4n) is 1.94. The van der Waals surface area contributed by atoms with Gasteiger partial charge in [0, 0.05) is 11.6 Å². The van der Waals surface area contributed by atoms with Crippen molar-refractivity contribution in [2.45, 2.75) is 6.42 Å². The van der Waals surface area contributed by atoms with Crippen molar-refractivity contribution in [3.05, 3.63) is 28.8 Å². The van der Waals surface area contributed by atoms with Gasteiger partial charge < -0.3 is 14.9 Å². The second-order valence-electron chi connectivity index (χ2n) is 3.82. The van der Waals surface area contributed by atoms with Gasteiger partial charge >= 0.3 is 0 Å². The quantitative estimate of drug-likeness (QED) is 0.729. The van der Waals surface area contributed by atoms with Crippen LogP contribution in [-0.4, -0.2) is 23.4 Å². The Labute approximate surface area is 104 Å². The highest BCUT2D eigenvalue weighted by atomic mass is 16.5. The van der Waals surface area contributed by atoms with Crippen LogP contribution in [0.25, 0.3) is 5.57 Å². The average molecular weight is 242 g/mol. The minimum absolute atomic E-state index is 0.0697. The molecule has 0 bridgehead atoms. The van der Waals surface area contributed by atoms with Crippen LogP contribution < -0.4 is 0 Å². The van der Waals surface area contributed by atoms with E-state index >= 15 is 0 Å². The van der Waals surface area contributed by atoms with Gasteiger partial charge in [-0.05, 0) is 12.0 Å². The minimum Gasteiger partial charge on any atom is -0.504 e. The zero-order valence-electron chi connectivity index (χ0n) is 9.47. The van der Waals surface area contributed by atoms with Gasteiger partial charge in [-0.1, -0.05) is 6.08 Å². The number of rotatable bonds is 1. The molecular formula is C13H10N2O3. The predicted molar refractivity (Wildman–Crippen MR) is 62.6 cm³/mol. The Bertz CT molecular complexity index is 606. The lowest BCUT2D eigenvalue weighted by Crippen LogP contribution is -2.06. The number of phenolic OH excluding ortho intramolecular Hbond substituents is 2. The topological polar surface area (TPSA) is 97.3 Å². The molecule has 0 radical (unpaired) electrons. The van der Waals surface area contributed by atoms with Gasteiger partial charge in [-0.25, -0.2) is 0 Å². The van der Waals surface area contributed by atoms with Gasteiger partial charge in [-0.15, -0.1) is 0 Å². The van der Waals surface area contributed by atoms with Crippen LogP contribution in [0.1, 0.15) is 23.1 Å². The largest absolute Gasteiger partial charge is 0.504 e. The highest BCUT2D eigenvalue weighted by molar-refractivity contribution is 5.79. The third kappa shape index (κ3) is 1.88. The molecule has 1 aromatic rings. The Balaban J connectivity index is 2.72. The van der Waals surface area contributed by atoms with Gasteiger partial charge in [0.15, 0.2) is 11.5 Å². The number of aromatic hydroxyl groups is 2. The zero-order valence-corrected chi connectivity index (χ0v) is 9.47. The predicted octanol–water partition coefficient (Wildman–Crippen LogP) is 1.64. The Morgan fingerprint density at radius 1 is 1.22 bits per heavy atom. The maximum absolute atomic E-state index is 9.69. The van der Waals surface area contributed by atoms with Crippen LogP contribution in [0.5, 0.6) is 11.5 Å². The van der Waals surface area contributed by atoms with E-state index in [0.717, 1.165) is 5.57 Å². The molecule has 0 aromatic heterocycles. The van der Waals surface area contributed by atoms with Crippen molar-refractivity contribution in [3.63, 3.8) is 0 Å². The smallest absolute Gasteiger partial charge is 0.176 e. The molecule has 2 N–H and O–H groups in total. The summed E-state index contributed by atoms with van der Waals surface area (Å²) >= 11 is 0. The Kier molecular flexibility index (Phi) is 3.18. The van der Waals surface area contributed by atoms with Crippen molar-refractivity contribution in [1.82, 2.24) is 0 Å². The highest BCUT2D eigenvalue weighted by Crippen LogP contribution is 2.38. The SMILES string of the molecule is N#Cc1cc(O)c(O)c(C#N)c1C1=CCOCC1. The number of nitrogens with zero attached hydrogens (tertiary/aromatic N) is 2. The number of nitriles is 2. The molecule has 2 rings (SSSR count). The maximum Gasteiger partial charge on any atom is 0.176 e. The fraction of sp³-hybridized carbons (Fsp3) is 0.231. The minimum atomic E-state index is -0.487. The molecular weight excluding hydrogens is 232 g/mol. The standard InChI is InChI=1S/C13H10N2O3/c14-6-9-5-11(16)13(17)10(7-15)12(9)8-1-3-18-4-2-8/h1,5,16-17H,2-4H2. The van der Waals surface area contributed by atoms with E-state index in [-0.39, 0.29) is 11.1 Å². The Hall–Kier alpha value is -2.50. The lowest BCUT2D eigenvalue weighted by atomic mass is 9.91. The highest BCUT2D eigenvalue weighted by Gasteiger charge is 2.21. The second kappa shape index (κ2) is 4.79. The van der Waals surface area contributed by atoms with Crippen molar-refractivity contribution in [2.24, 2.45) is 0 Å². The summed E-state index contributed by atoms with van der Waals surface area (Å²) in [5, 5.41) is 37.3. The molecule has 0 spiro atoms. The molecule has 1 aromatic carbocycles. The normalized spacial score (nSPS) is 14.4. The lowest BCUT2D eigenvalue weighted by molar-refractivity contribution is 0.161. The fourth-order valence-corrected chi connectivity index (χ4v) is 1.94. The number of ether oxygens (including phenoxy) is 1. The van der Waals surface area contributed by atoms with E-state index in [1.807, 2.05) is 12.1 Å². The summed E-state index contributed by atoms with van der Waals surface area (Å²) in [6.07, 6.45) is 2.34. The van der Waals surface area contributed by atoms with Crippen LogP contribution in [0.3, 0.4) is 0 Å². The summed E-state index contributed by atoms with van der Waals surface area (Å²) in [7, 11) is 0. The molecule has 5 nitrogen and oxygen atoms in total. The van der Waals surface area contributed by atoms with E-state index in [9.17, 15) is 10.2 Å². The van der Waals surface area contributed by atoms with E-state index in [0.29, 0.717) is 25.2 Å².